The highest BCUT2D eigenvalue weighted by Gasteiger charge is 2.44. The summed E-state index contributed by atoms with van der Waals surface area (Å²) in [5.41, 5.74) is 0.616. The van der Waals surface area contributed by atoms with Crippen molar-refractivity contribution in [2.45, 2.75) is 25.7 Å². The molecule has 0 radical (unpaired) electrons. The number of ether oxygens (including phenoxy) is 1. The molecule has 0 heterocycles. The third-order valence-electron chi connectivity index (χ3n) is 6.28. The maximum Gasteiger partial charge on any atom is 0.153 e. The fraction of sp³-hybridized carbons (Fsp3) is 0.194. The van der Waals surface area contributed by atoms with Crippen LogP contribution in [0, 0.1) is 0 Å². The van der Waals surface area contributed by atoms with Gasteiger partial charge >= 0.3 is 0 Å². The van der Waals surface area contributed by atoms with E-state index in [-0.39, 0.29) is 17.0 Å². The maximum absolute atomic E-state index is 11.2. The molecule has 0 saturated carbocycles. The van der Waals surface area contributed by atoms with Gasteiger partial charge in [-0.2, -0.15) is 0 Å². The summed E-state index contributed by atoms with van der Waals surface area (Å²) < 4.78 is 5.86. The molecule has 4 aromatic carbocycles. The molecule has 4 rings (SSSR count). The first kappa shape index (κ1) is 26.9. The van der Waals surface area contributed by atoms with Crippen molar-refractivity contribution in [3.05, 3.63) is 121 Å². The van der Waals surface area contributed by atoms with Crippen LogP contribution in [0.3, 0.4) is 0 Å². The van der Waals surface area contributed by atoms with E-state index < -0.39 is 7.26 Å². The van der Waals surface area contributed by atoms with Crippen LogP contribution in [0.5, 0.6) is 5.75 Å². The molecule has 180 valence electrons. The van der Waals surface area contributed by atoms with Gasteiger partial charge in [-0.25, -0.2) is 0 Å². The molecule has 0 aromatic heterocycles. The van der Waals surface area contributed by atoms with Crippen LogP contribution in [0.2, 0.25) is 0 Å². The summed E-state index contributed by atoms with van der Waals surface area (Å²) in [6, 6.07) is 40.6. The highest BCUT2D eigenvalue weighted by Crippen LogP contribution is 2.55. The second-order valence-corrected chi connectivity index (χ2v) is 12.1. The molecule has 0 fully saturated rings. The second-order valence-electron chi connectivity index (χ2n) is 8.46. The zero-order chi connectivity index (χ0) is 23.5. The number of carbonyl (C=O) groups is 1. The van der Waals surface area contributed by atoms with Gasteiger partial charge in [-0.15, -0.1) is 0 Å². The lowest BCUT2D eigenvalue weighted by Crippen LogP contribution is -3.00. The first-order chi connectivity index (χ1) is 16.8. The number of rotatable bonds is 12. The van der Waals surface area contributed by atoms with Crippen LogP contribution in [-0.4, -0.2) is 19.1 Å². The van der Waals surface area contributed by atoms with Crippen LogP contribution in [0.4, 0.5) is 0 Å². The van der Waals surface area contributed by atoms with Crippen LogP contribution in [0.1, 0.15) is 36.0 Å². The number of aldehydes is 1. The minimum Gasteiger partial charge on any atom is -1.00 e. The van der Waals surface area contributed by atoms with E-state index in [1.54, 1.807) is 6.07 Å². The standard InChI is InChI=1S/C31H32O2P.BrH/c32-26-27-16-12-13-23-31(27)33-24-14-1-2-15-25-34(28-17-6-3-7-18-28,29-19-8-4-9-20-29)30-21-10-5-11-22-30;/h3-13,16-23,26H,1-2,14-15,24-25H2;1H/q+1;/p-1. The Labute approximate surface area is 220 Å². The number of unbranched alkanes of at least 4 members (excludes halogenated alkanes) is 3. The summed E-state index contributed by atoms with van der Waals surface area (Å²) in [5.74, 6) is 0.680. The van der Waals surface area contributed by atoms with Gasteiger partial charge < -0.3 is 21.7 Å². The Bertz CT molecular complexity index is 1050. The van der Waals surface area contributed by atoms with Crippen LogP contribution in [0.15, 0.2) is 115 Å². The average molecular weight is 547 g/mol. The molecule has 0 aliphatic rings. The van der Waals surface area contributed by atoms with Gasteiger partial charge in [0.05, 0.1) is 18.3 Å². The Hall–Kier alpha value is -2.74. The van der Waals surface area contributed by atoms with Crippen molar-refractivity contribution >= 4 is 29.5 Å². The Morgan fingerprint density at radius 2 is 1.03 bits per heavy atom. The monoisotopic (exact) mass is 546 g/mol. The summed E-state index contributed by atoms with van der Waals surface area (Å²) in [5, 5.41) is 4.34. The number of para-hydroxylation sites is 1. The van der Waals surface area contributed by atoms with Crippen molar-refractivity contribution in [1.29, 1.82) is 0 Å². The van der Waals surface area contributed by atoms with Crippen molar-refractivity contribution in [2.75, 3.05) is 12.8 Å². The number of halogens is 1. The highest BCUT2D eigenvalue weighted by atomic mass is 79.9. The fourth-order valence-corrected chi connectivity index (χ4v) is 8.99. The molecule has 0 saturated heterocycles. The maximum atomic E-state index is 11.2. The molecule has 0 aliphatic carbocycles. The van der Waals surface area contributed by atoms with Crippen molar-refractivity contribution in [1.82, 2.24) is 0 Å². The van der Waals surface area contributed by atoms with Gasteiger partial charge in [-0.05, 0) is 74.2 Å². The number of benzene rings is 4. The molecule has 0 spiro atoms. The third kappa shape index (κ3) is 6.69. The molecule has 0 unspecified atom stereocenters. The molecule has 4 aromatic rings. The Morgan fingerprint density at radius 3 is 1.54 bits per heavy atom. The van der Waals surface area contributed by atoms with Crippen molar-refractivity contribution in [3.8, 4) is 5.75 Å². The summed E-state index contributed by atoms with van der Waals surface area (Å²) >= 11 is 0. The van der Waals surface area contributed by atoms with E-state index >= 15 is 0 Å². The number of hydrogen-bond donors (Lipinski definition) is 0. The quantitative estimate of drug-likeness (QED) is 0.154. The topological polar surface area (TPSA) is 26.3 Å². The Morgan fingerprint density at radius 1 is 0.571 bits per heavy atom. The minimum absolute atomic E-state index is 0. The smallest absolute Gasteiger partial charge is 0.153 e. The predicted octanol–water partition coefficient (Wildman–Crippen LogP) is 3.44. The van der Waals surface area contributed by atoms with Crippen molar-refractivity contribution < 1.29 is 26.5 Å². The van der Waals surface area contributed by atoms with E-state index in [0.29, 0.717) is 17.9 Å². The average Bonchev–Trinajstić information content (AvgIpc) is 2.92. The first-order valence-electron chi connectivity index (χ1n) is 12.1. The van der Waals surface area contributed by atoms with E-state index in [4.69, 9.17) is 4.74 Å². The van der Waals surface area contributed by atoms with Crippen LogP contribution in [0.25, 0.3) is 0 Å². The van der Waals surface area contributed by atoms with Gasteiger partial charge in [0.25, 0.3) is 0 Å². The first-order valence-corrected chi connectivity index (χ1v) is 14.0. The Kier molecular flexibility index (Phi) is 10.7. The molecule has 0 bridgehead atoms. The predicted molar refractivity (Wildman–Crippen MR) is 146 cm³/mol. The van der Waals surface area contributed by atoms with Gasteiger partial charge in [-0.3, -0.25) is 4.79 Å². The van der Waals surface area contributed by atoms with Crippen molar-refractivity contribution in [2.24, 2.45) is 0 Å². The molecule has 0 amide bonds. The van der Waals surface area contributed by atoms with Gasteiger partial charge in [0, 0.05) is 0 Å². The zero-order valence-electron chi connectivity index (χ0n) is 19.9. The molecule has 0 aliphatic heterocycles. The van der Waals surface area contributed by atoms with Crippen molar-refractivity contribution in [3.63, 3.8) is 0 Å². The Balaban J connectivity index is 0.00000342. The van der Waals surface area contributed by atoms with E-state index in [1.807, 2.05) is 18.2 Å². The molecule has 0 N–H and O–H groups in total. The second kappa shape index (κ2) is 14.0. The highest BCUT2D eigenvalue weighted by molar-refractivity contribution is 7.95. The van der Waals surface area contributed by atoms with Gasteiger partial charge in [0.1, 0.15) is 28.9 Å². The minimum atomic E-state index is -1.74. The molecular weight excluding hydrogens is 515 g/mol. The largest absolute Gasteiger partial charge is 1.00 e. The van der Waals surface area contributed by atoms with Crippen LogP contribution in [-0.2, 0) is 0 Å². The molecule has 0 atom stereocenters. The molecule has 4 heteroatoms. The van der Waals surface area contributed by atoms with E-state index in [1.165, 1.54) is 15.9 Å². The van der Waals surface area contributed by atoms with Gasteiger partial charge in [0.15, 0.2) is 6.29 Å². The summed E-state index contributed by atoms with van der Waals surface area (Å²) in [7, 11) is -1.74. The van der Waals surface area contributed by atoms with Gasteiger partial charge in [-0.1, -0.05) is 66.7 Å². The lowest BCUT2D eigenvalue weighted by molar-refractivity contribution is -0.0000137. The van der Waals surface area contributed by atoms with Crippen LogP contribution < -0.4 is 37.6 Å². The lowest BCUT2D eigenvalue weighted by atomic mass is 10.2. The summed E-state index contributed by atoms with van der Waals surface area (Å²) in [4.78, 5) is 11.2. The summed E-state index contributed by atoms with van der Waals surface area (Å²) in [6.45, 7) is 0.640. The fourth-order valence-electron chi connectivity index (χ4n) is 4.58. The van der Waals surface area contributed by atoms with E-state index in [9.17, 15) is 4.79 Å². The third-order valence-corrected chi connectivity index (χ3v) is 10.8. The van der Waals surface area contributed by atoms with E-state index in [0.717, 1.165) is 38.1 Å². The number of hydrogen-bond acceptors (Lipinski definition) is 2. The van der Waals surface area contributed by atoms with Crippen LogP contribution >= 0.6 is 7.26 Å². The summed E-state index contributed by atoms with van der Waals surface area (Å²) in [6.07, 6.45) is 6.43. The molecular formula is C31H32BrO2P. The van der Waals surface area contributed by atoms with E-state index in [2.05, 4.69) is 91.0 Å². The normalized spacial score (nSPS) is 10.9. The molecule has 35 heavy (non-hydrogen) atoms. The zero-order valence-corrected chi connectivity index (χ0v) is 22.4. The lowest BCUT2D eigenvalue weighted by Gasteiger charge is -2.27. The SMILES string of the molecule is O=Cc1ccccc1OCCCCCC[P+](c1ccccc1)(c1ccccc1)c1ccccc1.[Br-]. The van der Waals surface area contributed by atoms with Gasteiger partial charge in [0.2, 0.25) is 0 Å². The number of carbonyl (C=O) groups excluding carboxylic acids is 1. The molecule has 2 nitrogen and oxygen atoms in total.